The number of allylic oxidation sites excluding steroid dienone is 1. The van der Waals surface area contributed by atoms with Crippen LogP contribution in [0.1, 0.15) is 23.4 Å². The van der Waals surface area contributed by atoms with Gasteiger partial charge in [-0.2, -0.15) is 0 Å². The van der Waals surface area contributed by atoms with E-state index in [0.717, 1.165) is 10.4 Å². The molecule has 1 N–H and O–H groups in total. The van der Waals surface area contributed by atoms with Crippen molar-refractivity contribution in [3.63, 3.8) is 0 Å². The molecule has 0 aliphatic carbocycles. The van der Waals surface area contributed by atoms with Crippen LogP contribution in [0.3, 0.4) is 0 Å². The van der Waals surface area contributed by atoms with E-state index in [0.29, 0.717) is 32.0 Å². The van der Waals surface area contributed by atoms with Crippen molar-refractivity contribution in [3.05, 3.63) is 114 Å². The fourth-order valence-electron chi connectivity index (χ4n) is 3.96. The summed E-state index contributed by atoms with van der Waals surface area (Å²) in [5.74, 6) is 0.350. The summed E-state index contributed by atoms with van der Waals surface area (Å²) in [6.45, 7) is 1.81. The van der Waals surface area contributed by atoms with Gasteiger partial charge < -0.3 is 10.1 Å². The van der Waals surface area contributed by atoms with E-state index in [1.807, 2.05) is 85.1 Å². The number of thiophene rings is 1. The molecule has 3 heterocycles. The highest BCUT2D eigenvalue weighted by Gasteiger charge is 2.32. The van der Waals surface area contributed by atoms with E-state index >= 15 is 0 Å². The summed E-state index contributed by atoms with van der Waals surface area (Å²) < 4.78 is 7.62. The number of thiazole rings is 1. The molecule has 0 spiro atoms. The van der Waals surface area contributed by atoms with E-state index in [1.165, 1.54) is 11.3 Å². The summed E-state index contributed by atoms with van der Waals surface area (Å²) >= 11 is 2.89. The number of ether oxygens (including phenoxy) is 1. The number of fused-ring (bicyclic) bond motifs is 1. The van der Waals surface area contributed by atoms with Gasteiger partial charge in [-0.3, -0.25) is 14.2 Å². The number of para-hydroxylation sites is 1. The zero-order valence-corrected chi connectivity index (χ0v) is 20.2. The van der Waals surface area contributed by atoms with Crippen LogP contribution in [0.5, 0.6) is 5.75 Å². The number of carbonyl (C=O) groups excluding carboxylic acids is 1. The lowest BCUT2D eigenvalue weighted by Gasteiger charge is -2.25. The average molecular weight is 488 g/mol. The minimum Gasteiger partial charge on any atom is -0.497 e. The van der Waals surface area contributed by atoms with Gasteiger partial charge in [-0.25, -0.2) is 4.99 Å². The number of nitrogens with zero attached hydrogens (tertiary/aromatic N) is 2. The molecule has 0 fully saturated rings. The number of benzene rings is 2. The number of carbonyl (C=O) groups is 1. The van der Waals surface area contributed by atoms with E-state index in [4.69, 9.17) is 4.74 Å². The summed E-state index contributed by atoms with van der Waals surface area (Å²) in [5, 5.41) is 4.93. The number of amides is 1. The number of rotatable bonds is 5. The third kappa shape index (κ3) is 4.13. The van der Waals surface area contributed by atoms with E-state index < -0.39 is 6.04 Å². The van der Waals surface area contributed by atoms with Gasteiger partial charge in [-0.05, 0) is 54.3 Å². The van der Waals surface area contributed by atoms with Crippen molar-refractivity contribution in [2.75, 3.05) is 12.4 Å². The Morgan fingerprint density at radius 1 is 1.12 bits per heavy atom. The second-order valence-electron chi connectivity index (χ2n) is 7.69. The van der Waals surface area contributed by atoms with Crippen molar-refractivity contribution < 1.29 is 9.53 Å². The van der Waals surface area contributed by atoms with E-state index in [2.05, 4.69) is 10.3 Å². The lowest BCUT2D eigenvalue weighted by Crippen LogP contribution is -2.40. The second kappa shape index (κ2) is 9.24. The number of anilines is 1. The molecule has 0 bridgehead atoms. The van der Waals surface area contributed by atoms with Crippen LogP contribution >= 0.6 is 22.7 Å². The minimum atomic E-state index is -0.638. The van der Waals surface area contributed by atoms with Gasteiger partial charge in [-0.1, -0.05) is 47.7 Å². The third-order valence-corrected chi connectivity index (χ3v) is 7.33. The molecular formula is C26H21N3O3S2. The Bertz CT molecular complexity index is 1570. The van der Waals surface area contributed by atoms with Gasteiger partial charge in [0.1, 0.15) is 5.75 Å². The number of methoxy groups -OCH3 is 1. The van der Waals surface area contributed by atoms with Crippen molar-refractivity contribution >= 4 is 40.3 Å². The molecule has 1 aliphatic heterocycles. The number of hydrogen-bond acceptors (Lipinski definition) is 6. The fourth-order valence-corrected chi connectivity index (χ4v) is 5.73. The molecule has 0 radical (unpaired) electrons. The van der Waals surface area contributed by atoms with Gasteiger partial charge in [-0.15, -0.1) is 11.3 Å². The highest BCUT2D eigenvalue weighted by molar-refractivity contribution is 7.11. The highest BCUT2D eigenvalue weighted by Crippen LogP contribution is 2.32. The quantitative estimate of drug-likeness (QED) is 0.463. The molecule has 0 saturated heterocycles. The molecule has 1 amide bonds. The van der Waals surface area contributed by atoms with Crippen LogP contribution in [0.2, 0.25) is 0 Å². The predicted octanol–water partition coefficient (Wildman–Crippen LogP) is 3.94. The molecule has 0 unspecified atom stereocenters. The van der Waals surface area contributed by atoms with Crippen LogP contribution in [-0.2, 0) is 4.79 Å². The first-order valence-electron chi connectivity index (χ1n) is 10.6. The Morgan fingerprint density at radius 2 is 1.94 bits per heavy atom. The standard InChI is InChI=1S/C26H21N3O3S2/c1-16-22(24(30)28-18-9-4-3-5-10-18)23(17-8-6-11-19(14-17)32-2)29-25(31)21(34-26(29)27-16)15-20-12-7-13-33-20/h3-15,23H,1-2H3,(H,28,30)/b21-15-/t23-/m0/s1. The smallest absolute Gasteiger partial charge is 0.271 e. The summed E-state index contributed by atoms with van der Waals surface area (Å²) in [6, 6.07) is 20.0. The van der Waals surface area contributed by atoms with Crippen LogP contribution in [0, 0.1) is 0 Å². The SMILES string of the molecule is COc1cccc([C@H]2C(C(=O)Nc3ccccc3)=C(C)N=c3s/c(=C\c4cccs4)c(=O)n32)c1. The maximum atomic E-state index is 13.6. The first-order chi connectivity index (χ1) is 16.5. The van der Waals surface area contributed by atoms with Crippen molar-refractivity contribution in [2.24, 2.45) is 4.99 Å². The Hall–Kier alpha value is -3.75. The molecule has 170 valence electrons. The van der Waals surface area contributed by atoms with Gasteiger partial charge in [0.15, 0.2) is 4.80 Å². The van der Waals surface area contributed by atoms with Crippen LogP contribution in [-0.4, -0.2) is 17.6 Å². The Labute approximate surface area is 203 Å². The van der Waals surface area contributed by atoms with Gasteiger partial charge in [0, 0.05) is 10.6 Å². The molecule has 2 aromatic heterocycles. The van der Waals surface area contributed by atoms with Gasteiger partial charge in [0.25, 0.3) is 11.5 Å². The van der Waals surface area contributed by atoms with E-state index in [1.54, 1.807) is 23.0 Å². The van der Waals surface area contributed by atoms with E-state index in [9.17, 15) is 9.59 Å². The number of aromatic nitrogens is 1. The minimum absolute atomic E-state index is 0.178. The Morgan fingerprint density at radius 3 is 2.68 bits per heavy atom. The first-order valence-corrected chi connectivity index (χ1v) is 12.3. The van der Waals surface area contributed by atoms with E-state index in [-0.39, 0.29) is 11.5 Å². The average Bonchev–Trinajstić information content (AvgIpc) is 3.47. The van der Waals surface area contributed by atoms with Crippen molar-refractivity contribution in [2.45, 2.75) is 13.0 Å². The van der Waals surface area contributed by atoms with Crippen molar-refractivity contribution in [1.82, 2.24) is 4.57 Å². The Kier molecular flexibility index (Phi) is 6.00. The van der Waals surface area contributed by atoms with Crippen LogP contribution in [0.4, 0.5) is 5.69 Å². The monoisotopic (exact) mass is 487 g/mol. The maximum absolute atomic E-state index is 13.6. The fraction of sp³-hybridized carbons (Fsp3) is 0.115. The van der Waals surface area contributed by atoms with Crippen LogP contribution in [0.25, 0.3) is 6.08 Å². The lowest BCUT2D eigenvalue weighted by molar-refractivity contribution is -0.113. The van der Waals surface area contributed by atoms with Crippen molar-refractivity contribution in [1.29, 1.82) is 0 Å². The number of nitrogens with one attached hydrogen (secondary N) is 1. The highest BCUT2D eigenvalue weighted by atomic mass is 32.1. The number of hydrogen-bond donors (Lipinski definition) is 1. The summed E-state index contributed by atoms with van der Waals surface area (Å²) in [4.78, 5) is 33.4. The molecule has 6 nitrogen and oxygen atoms in total. The normalized spacial score (nSPS) is 15.6. The lowest BCUT2D eigenvalue weighted by atomic mass is 9.95. The van der Waals surface area contributed by atoms with Gasteiger partial charge in [0.2, 0.25) is 0 Å². The molecule has 8 heteroatoms. The van der Waals surface area contributed by atoms with Crippen LogP contribution < -0.4 is 24.9 Å². The zero-order valence-electron chi connectivity index (χ0n) is 18.5. The molecule has 0 saturated carbocycles. The van der Waals surface area contributed by atoms with Gasteiger partial charge in [0.05, 0.1) is 29.0 Å². The van der Waals surface area contributed by atoms with Gasteiger partial charge >= 0.3 is 0 Å². The molecule has 2 aromatic carbocycles. The molecule has 5 rings (SSSR count). The summed E-state index contributed by atoms with van der Waals surface area (Å²) in [7, 11) is 1.59. The second-order valence-corrected chi connectivity index (χ2v) is 9.68. The summed E-state index contributed by atoms with van der Waals surface area (Å²) in [5.41, 5.74) is 2.27. The predicted molar refractivity (Wildman–Crippen MR) is 136 cm³/mol. The largest absolute Gasteiger partial charge is 0.497 e. The topological polar surface area (TPSA) is 72.7 Å². The molecule has 1 atom stereocenters. The third-order valence-electron chi connectivity index (χ3n) is 5.52. The first kappa shape index (κ1) is 22.1. The van der Waals surface area contributed by atoms with Crippen molar-refractivity contribution in [3.8, 4) is 5.75 Å². The maximum Gasteiger partial charge on any atom is 0.271 e. The van der Waals surface area contributed by atoms with Crippen LogP contribution in [0.15, 0.2) is 93.2 Å². The summed E-state index contributed by atoms with van der Waals surface area (Å²) in [6.07, 6.45) is 1.88. The molecular weight excluding hydrogens is 466 g/mol. The Balaban J connectivity index is 1.70. The molecule has 1 aliphatic rings. The molecule has 34 heavy (non-hydrogen) atoms. The zero-order chi connectivity index (χ0) is 23.7. The molecule has 4 aromatic rings.